The average Bonchev–Trinajstić information content (AvgIpc) is 2.79. The quantitative estimate of drug-likeness (QED) is 0.871. The first kappa shape index (κ1) is 12.8. The van der Waals surface area contributed by atoms with Crippen LogP contribution in [0.5, 0.6) is 0 Å². The maximum Gasteiger partial charge on any atom is 0.0568 e. The van der Waals surface area contributed by atoms with Crippen molar-refractivity contribution in [3.8, 4) is 11.1 Å². The van der Waals surface area contributed by atoms with Crippen LogP contribution in [-0.2, 0) is 11.8 Å². The van der Waals surface area contributed by atoms with Gasteiger partial charge in [-0.25, -0.2) is 0 Å². The molecule has 1 aromatic heterocycles. The first-order valence-corrected chi connectivity index (χ1v) is 6.35. The Morgan fingerprint density at radius 2 is 1.83 bits per heavy atom. The van der Waals surface area contributed by atoms with E-state index < -0.39 is 0 Å². The molecule has 0 fully saturated rings. The Kier molecular flexibility index (Phi) is 3.53. The zero-order valence-electron chi connectivity index (χ0n) is 11.3. The molecule has 0 amide bonds. The summed E-state index contributed by atoms with van der Waals surface area (Å²) in [4.78, 5) is 0. The van der Waals surface area contributed by atoms with Crippen LogP contribution in [-0.4, -0.2) is 16.7 Å². The van der Waals surface area contributed by atoms with Gasteiger partial charge in [-0.15, -0.1) is 0 Å². The minimum Gasteiger partial charge on any atom is -0.330 e. The molecule has 0 atom stereocenters. The van der Waals surface area contributed by atoms with Crippen molar-refractivity contribution in [2.24, 2.45) is 5.73 Å². The van der Waals surface area contributed by atoms with Gasteiger partial charge in [-0.05, 0) is 24.1 Å². The average molecular weight is 243 g/mol. The van der Waals surface area contributed by atoms with Crippen LogP contribution in [0.2, 0.25) is 0 Å². The number of nitrogens with one attached hydrogen (secondary N) is 1. The number of aromatic amines is 1. The van der Waals surface area contributed by atoms with Gasteiger partial charge in [-0.2, -0.15) is 5.10 Å². The molecule has 0 saturated heterocycles. The topological polar surface area (TPSA) is 54.7 Å². The van der Waals surface area contributed by atoms with E-state index in [1.54, 1.807) is 0 Å². The van der Waals surface area contributed by atoms with E-state index in [1.807, 2.05) is 6.20 Å². The van der Waals surface area contributed by atoms with Crippen molar-refractivity contribution in [1.82, 2.24) is 10.2 Å². The maximum absolute atomic E-state index is 5.56. The Bertz CT molecular complexity index is 503. The molecule has 0 bridgehead atoms. The number of nitrogens with two attached hydrogens (primary N) is 1. The van der Waals surface area contributed by atoms with Crippen LogP contribution in [0, 0.1) is 0 Å². The van der Waals surface area contributed by atoms with Crippen molar-refractivity contribution in [2.75, 3.05) is 6.54 Å². The van der Waals surface area contributed by atoms with Crippen LogP contribution >= 0.6 is 0 Å². The molecular formula is C15H21N3. The number of hydrogen-bond acceptors (Lipinski definition) is 2. The molecule has 1 heterocycles. The van der Waals surface area contributed by atoms with Crippen LogP contribution in [0.15, 0.2) is 30.5 Å². The minimum atomic E-state index is 0.0712. The van der Waals surface area contributed by atoms with Crippen molar-refractivity contribution in [3.05, 3.63) is 41.7 Å². The fraction of sp³-hybridized carbons (Fsp3) is 0.400. The Morgan fingerprint density at radius 1 is 1.17 bits per heavy atom. The molecule has 0 spiro atoms. The maximum atomic E-state index is 5.56. The minimum absolute atomic E-state index is 0.0712. The molecule has 0 saturated carbocycles. The van der Waals surface area contributed by atoms with E-state index in [-0.39, 0.29) is 5.41 Å². The predicted octanol–water partition coefficient (Wildman–Crippen LogP) is 2.88. The first-order valence-electron chi connectivity index (χ1n) is 6.35. The third kappa shape index (κ3) is 2.62. The van der Waals surface area contributed by atoms with Gasteiger partial charge in [-0.3, -0.25) is 5.10 Å². The van der Waals surface area contributed by atoms with E-state index >= 15 is 0 Å². The van der Waals surface area contributed by atoms with Gasteiger partial charge in [0.25, 0.3) is 0 Å². The zero-order valence-corrected chi connectivity index (χ0v) is 11.3. The van der Waals surface area contributed by atoms with Crippen LogP contribution < -0.4 is 5.73 Å². The van der Waals surface area contributed by atoms with Gasteiger partial charge in [-0.1, -0.05) is 45.0 Å². The Hall–Kier alpha value is -1.61. The molecule has 0 aliphatic carbocycles. The first-order chi connectivity index (χ1) is 8.52. The van der Waals surface area contributed by atoms with E-state index in [0.717, 1.165) is 6.42 Å². The van der Waals surface area contributed by atoms with Crippen molar-refractivity contribution in [2.45, 2.75) is 32.6 Å². The third-order valence-electron chi connectivity index (χ3n) is 3.09. The summed E-state index contributed by atoms with van der Waals surface area (Å²) >= 11 is 0. The molecule has 2 rings (SSSR count). The second kappa shape index (κ2) is 4.94. The molecule has 3 N–H and O–H groups in total. The van der Waals surface area contributed by atoms with Gasteiger partial charge < -0.3 is 5.73 Å². The molecule has 3 heteroatoms. The fourth-order valence-electron chi connectivity index (χ4n) is 2.09. The van der Waals surface area contributed by atoms with Gasteiger partial charge in [0.1, 0.15) is 0 Å². The second-order valence-corrected chi connectivity index (χ2v) is 5.64. The Balaban J connectivity index is 2.35. The number of hydrogen-bond donors (Lipinski definition) is 2. The largest absolute Gasteiger partial charge is 0.330 e. The lowest BCUT2D eigenvalue weighted by Gasteiger charge is -2.18. The monoisotopic (exact) mass is 243 g/mol. The fourth-order valence-corrected chi connectivity index (χ4v) is 2.09. The number of H-pyrrole nitrogens is 1. The van der Waals surface area contributed by atoms with Crippen LogP contribution in [0.4, 0.5) is 0 Å². The highest BCUT2D eigenvalue weighted by Crippen LogP contribution is 2.31. The lowest BCUT2D eigenvalue weighted by Crippen LogP contribution is -2.13. The summed E-state index contributed by atoms with van der Waals surface area (Å²) in [5.74, 6) is 0. The van der Waals surface area contributed by atoms with E-state index in [2.05, 4.69) is 55.2 Å². The third-order valence-corrected chi connectivity index (χ3v) is 3.09. The summed E-state index contributed by atoms with van der Waals surface area (Å²) in [6.07, 6.45) is 2.83. The van der Waals surface area contributed by atoms with Crippen LogP contribution in [0.25, 0.3) is 11.1 Å². The number of nitrogens with zero attached hydrogens (tertiary/aromatic N) is 1. The van der Waals surface area contributed by atoms with Gasteiger partial charge in [0.2, 0.25) is 0 Å². The van der Waals surface area contributed by atoms with E-state index in [9.17, 15) is 0 Å². The molecule has 0 radical (unpaired) electrons. The number of rotatable bonds is 3. The van der Waals surface area contributed by atoms with Crippen molar-refractivity contribution >= 4 is 0 Å². The number of aromatic nitrogens is 2. The highest BCUT2D eigenvalue weighted by Gasteiger charge is 2.20. The normalized spacial score (nSPS) is 11.8. The smallest absolute Gasteiger partial charge is 0.0568 e. The highest BCUT2D eigenvalue weighted by atomic mass is 15.1. The van der Waals surface area contributed by atoms with E-state index in [1.165, 1.54) is 22.4 Å². The summed E-state index contributed by atoms with van der Waals surface area (Å²) < 4.78 is 0. The summed E-state index contributed by atoms with van der Waals surface area (Å²) in [7, 11) is 0. The predicted molar refractivity (Wildman–Crippen MR) is 75.5 cm³/mol. The van der Waals surface area contributed by atoms with Crippen molar-refractivity contribution in [3.63, 3.8) is 0 Å². The standard InChI is InChI=1S/C15H21N3/c1-15(2,3)14-13(10-17-18-14)12-6-4-11(5-7-12)8-9-16/h4-7,10H,8-9,16H2,1-3H3,(H,17,18). The Labute approximate surface area is 108 Å². The molecule has 2 aromatic rings. The molecular weight excluding hydrogens is 222 g/mol. The summed E-state index contributed by atoms with van der Waals surface area (Å²) in [6.45, 7) is 7.25. The summed E-state index contributed by atoms with van der Waals surface area (Å²) in [6, 6.07) is 8.57. The van der Waals surface area contributed by atoms with Gasteiger partial charge in [0.05, 0.1) is 6.20 Å². The molecule has 0 aliphatic heterocycles. The van der Waals surface area contributed by atoms with Gasteiger partial charge in [0.15, 0.2) is 0 Å². The van der Waals surface area contributed by atoms with E-state index in [0.29, 0.717) is 6.54 Å². The summed E-state index contributed by atoms with van der Waals surface area (Å²) in [5.41, 5.74) is 10.5. The van der Waals surface area contributed by atoms with Crippen molar-refractivity contribution < 1.29 is 0 Å². The number of benzene rings is 1. The molecule has 96 valence electrons. The second-order valence-electron chi connectivity index (χ2n) is 5.64. The van der Waals surface area contributed by atoms with Gasteiger partial charge in [0, 0.05) is 16.7 Å². The molecule has 18 heavy (non-hydrogen) atoms. The van der Waals surface area contributed by atoms with Gasteiger partial charge >= 0.3 is 0 Å². The molecule has 1 aromatic carbocycles. The highest BCUT2D eigenvalue weighted by molar-refractivity contribution is 5.66. The molecule has 0 unspecified atom stereocenters. The lowest BCUT2D eigenvalue weighted by molar-refractivity contribution is 0.568. The lowest BCUT2D eigenvalue weighted by atomic mass is 9.87. The molecule has 3 nitrogen and oxygen atoms in total. The summed E-state index contributed by atoms with van der Waals surface area (Å²) in [5, 5.41) is 7.29. The molecule has 0 aliphatic rings. The van der Waals surface area contributed by atoms with E-state index in [4.69, 9.17) is 5.73 Å². The van der Waals surface area contributed by atoms with Crippen LogP contribution in [0.1, 0.15) is 32.0 Å². The van der Waals surface area contributed by atoms with Crippen LogP contribution in [0.3, 0.4) is 0 Å². The zero-order chi connectivity index (χ0) is 13.2. The Morgan fingerprint density at radius 3 is 2.39 bits per heavy atom. The van der Waals surface area contributed by atoms with Crippen molar-refractivity contribution in [1.29, 1.82) is 0 Å². The SMILES string of the molecule is CC(C)(C)c1[nH]ncc1-c1ccc(CCN)cc1.